The van der Waals surface area contributed by atoms with Crippen molar-refractivity contribution in [2.75, 3.05) is 14.1 Å². The molecular weight excluding hydrogens is 268 g/mol. The lowest BCUT2D eigenvalue weighted by atomic mass is 9.85. The molecule has 118 valence electrons. The molecule has 0 radical (unpaired) electrons. The number of hydrogen-bond acceptors (Lipinski definition) is 2. The molecule has 2 aromatic carbocycles. The lowest BCUT2D eigenvalue weighted by Crippen LogP contribution is -2.28. The van der Waals surface area contributed by atoms with Crippen LogP contribution in [0.5, 0.6) is 0 Å². The fraction of sp³-hybridized carbons (Fsp3) is 0.400. The molecule has 0 bridgehead atoms. The number of nitrogens with zero attached hydrogens (tertiary/aromatic N) is 1. The molecule has 0 saturated heterocycles. The van der Waals surface area contributed by atoms with Crippen molar-refractivity contribution in [3.8, 4) is 0 Å². The van der Waals surface area contributed by atoms with Gasteiger partial charge >= 0.3 is 0 Å². The Labute approximate surface area is 135 Å². The van der Waals surface area contributed by atoms with Gasteiger partial charge in [-0.15, -0.1) is 0 Å². The highest BCUT2D eigenvalue weighted by Crippen LogP contribution is 2.31. The average Bonchev–Trinajstić information content (AvgIpc) is 2.55. The number of nitrogens with two attached hydrogens (primary N) is 1. The molecule has 2 heteroatoms. The molecule has 0 aliphatic carbocycles. The van der Waals surface area contributed by atoms with Gasteiger partial charge in [0.2, 0.25) is 0 Å². The van der Waals surface area contributed by atoms with Gasteiger partial charge in [0, 0.05) is 12.6 Å². The third-order valence-electron chi connectivity index (χ3n) is 4.42. The molecule has 0 fully saturated rings. The Morgan fingerprint density at radius 1 is 0.909 bits per heavy atom. The van der Waals surface area contributed by atoms with Gasteiger partial charge in [-0.05, 0) is 43.1 Å². The van der Waals surface area contributed by atoms with E-state index in [1.54, 1.807) is 0 Å². The maximum atomic E-state index is 5.68. The second kappa shape index (κ2) is 8.11. The first-order valence-corrected chi connectivity index (χ1v) is 8.15. The van der Waals surface area contributed by atoms with Crippen molar-refractivity contribution in [1.82, 2.24) is 4.90 Å². The van der Waals surface area contributed by atoms with Crippen molar-refractivity contribution in [1.29, 1.82) is 0 Å². The Balaban J connectivity index is 2.20. The maximum absolute atomic E-state index is 5.68. The van der Waals surface area contributed by atoms with Gasteiger partial charge in [0.05, 0.1) is 0 Å². The summed E-state index contributed by atoms with van der Waals surface area (Å²) < 4.78 is 0. The highest BCUT2D eigenvalue weighted by atomic mass is 15.1. The summed E-state index contributed by atoms with van der Waals surface area (Å²) >= 11 is 0. The van der Waals surface area contributed by atoms with Crippen LogP contribution in [0.15, 0.2) is 54.6 Å². The lowest BCUT2D eigenvalue weighted by Gasteiger charge is -2.32. The topological polar surface area (TPSA) is 29.3 Å². The summed E-state index contributed by atoms with van der Waals surface area (Å²) in [7, 11) is 4.36. The lowest BCUT2D eigenvalue weighted by molar-refractivity contribution is 0.205. The van der Waals surface area contributed by atoms with Crippen LogP contribution in [0.4, 0.5) is 0 Å². The second-order valence-electron chi connectivity index (χ2n) is 6.21. The smallest absolute Gasteiger partial charge is 0.0373 e. The minimum atomic E-state index is 0.445. The van der Waals surface area contributed by atoms with E-state index in [2.05, 4.69) is 80.5 Å². The van der Waals surface area contributed by atoms with E-state index in [1.165, 1.54) is 16.7 Å². The van der Waals surface area contributed by atoms with Crippen molar-refractivity contribution in [3.63, 3.8) is 0 Å². The summed E-state index contributed by atoms with van der Waals surface area (Å²) in [5.41, 5.74) is 9.68. The van der Waals surface area contributed by atoms with Crippen LogP contribution in [0, 0.1) is 5.92 Å². The van der Waals surface area contributed by atoms with E-state index in [0.717, 1.165) is 12.8 Å². The molecule has 22 heavy (non-hydrogen) atoms. The van der Waals surface area contributed by atoms with Crippen LogP contribution in [0.3, 0.4) is 0 Å². The van der Waals surface area contributed by atoms with Crippen LogP contribution in [0.25, 0.3) is 0 Å². The third-order valence-corrected chi connectivity index (χ3v) is 4.42. The number of benzene rings is 2. The molecule has 2 unspecified atom stereocenters. The molecule has 0 amide bonds. The zero-order valence-corrected chi connectivity index (χ0v) is 14.0. The second-order valence-corrected chi connectivity index (χ2v) is 6.21. The molecule has 0 spiro atoms. The van der Waals surface area contributed by atoms with Crippen molar-refractivity contribution < 1.29 is 0 Å². The summed E-state index contributed by atoms with van der Waals surface area (Å²) in [6.07, 6.45) is 2.26. The quantitative estimate of drug-likeness (QED) is 0.836. The van der Waals surface area contributed by atoms with E-state index in [-0.39, 0.29) is 0 Å². The van der Waals surface area contributed by atoms with E-state index < -0.39 is 0 Å². The SMILES string of the molecule is CCC(Cc1ccc(CN)cc1)C(c1ccccc1)N(C)C. The number of rotatable bonds is 7. The Hall–Kier alpha value is -1.64. The molecule has 0 saturated carbocycles. The van der Waals surface area contributed by atoms with E-state index in [4.69, 9.17) is 5.73 Å². The van der Waals surface area contributed by atoms with Gasteiger partial charge in [-0.3, -0.25) is 0 Å². The van der Waals surface area contributed by atoms with Crippen molar-refractivity contribution in [2.45, 2.75) is 32.4 Å². The van der Waals surface area contributed by atoms with Crippen LogP contribution >= 0.6 is 0 Å². The van der Waals surface area contributed by atoms with Crippen LogP contribution in [-0.4, -0.2) is 19.0 Å². The molecule has 0 aliphatic heterocycles. The third kappa shape index (κ3) is 4.19. The molecule has 2 aromatic rings. The molecule has 2 rings (SSSR count). The highest BCUT2D eigenvalue weighted by Gasteiger charge is 2.23. The predicted octanol–water partition coefficient (Wildman–Crippen LogP) is 4.02. The van der Waals surface area contributed by atoms with E-state index >= 15 is 0 Å². The minimum Gasteiger partial charge on any atom is -0.326 e. The average molecular weight is 296 g/mol. The van der Waals surface area contributed by atoms with Gasteiger partial charge in [-0.25, -0.2) is 0 Å². The monoisotopic (exact) mass is 296 g/mol. The van der Waals surface area contributed by atoms with Crippen LogP contribution in [0.1, 0.15) is 36.1 Å². The first-order valence-electron chi connectivity index (χ1n) is 8.15. The van der Waals surface area contributed by atoms with Crippen molar-refractivity contribution in [3.05, 3.63) is 71.3 Å². The zero-order chi connectivity index (χ0) is 15.9. The molecular formula is C20H28N2. The fourth-order valence-corrected chi connectivity index (χ4v) is 3.24. The molecule has 0 aliphatic rings. The van der Waals surface area contributed by atoms with Crippen molar-refractivity contribution >= 4 is 0 Å². The van der Waals surface area contributed by atoms with Gasteiger partial charge in [-0.2, -0.15) is 0 Å². The minimum absolute atomic E-state index is 0.445. The van der Waals surface area contributed by atoms with Gasteiger partial charge in [0.25, 0.3) is 0 Å². The highest BCUT2D eigenvalue weighted by molar-refractivity contribution is 5.25. The molecule has 2 N–H and O–H groups in total. The van der Waals surface area contributed by atoms with Crippen LogP contribution in [0.2, 0.25) is 0 Å². The summed E-state index contributed by atoms with van der Waals surface area (Å²) in [6, 6.07) is 20.0. The Morgan fingerprint density at radius 3 is 2.00 bits per heavy atom. The Morgan fingerprint density at radius 2 is 1.50 bits per heavy atom. The molecule has 2 nitrogen and oxygen atoms in total. The van der Waals surface area contributed by atoms with E-state index in [0.29, 0.717) is 18.5 Å². The van der Waals surface area contributed by atoms with Crippen molar-refractivity contribution in [2.24, 2.45) is 11.7 Å². The van der Waals surface area contributed by atoms with Crippen LogP contribution < -0.4 is 5.73 Å². The molecule has 0 heterocycles. The molecule has 0 aromatic heterocycles. The largest absolute Gasteiger partial charge is 0.326 e. The summed E-state index contributed by atoms with van der Waals surface area (Å²) in [6.45, 7) is 2.90. The zero-order valence-electron chi connectivity index (χ0n) is 14.0. The number of hydrogen-bond donors (Lipinski definition) is 1. The normalized spacial score (nSPS) is 14.0. The Bertz CT molecular complexity index is 546. The van der Waals surface area contributed by atoms with E-state index in [9.17, 15) is 0 Å². The first kappa shape index (κ1) is 16.7. The summed E-state index contributed by atoms with van der Waals surface area (Å²) in [4.78, 5) is 2.34. The first-order chi connectivity index (χ1) is 10.7. The van der Waals surface area contributed by atoms with Crippen LogP contribution in [-0.2, 0) is 13.0 Å². The Kier molecular flexibility index (Phi) is 6.17. The standard InChI is InChI=1S/C20H28N2/c1-4-18(14-16-10-12-17(15-21)13-11-16)20(22(2)3)19-8-6-5-7-9-19/h5-13,18,20H,4,14-15,21H2,1-3H3. The molecule has 2 atom stereocenters. The van der Waals surface area contributed by atoms with Gasteiger partial charge in [0.15, 0.2) is 0 Å². The van der Waals surface area contributed by atoms with E-state index in [1.807, 2.05) is 0 Å². The summed E-state index contributed by atoms with van der Waals surface area (Å²) in [5.74, 6) is 0.598. The van der Waals surface area contributed by atoms with Gasteiger partial charge < -0.3 is 10.6 Å². The van der Waals surface area contributed by atoms with Gasteiger partial charge in [-0.1, -0.05) is 67.9 Å². The maximum Gasteiger partial charge on any atom is 0.0373 e. The van der Waals surface area contributed by atoms with Gasteiger partial charge in [0.1, 0.15) is 0 Å². The predicted molar refractivity (Wildman–Crippen MR) is 94.7 cm³/mol. The fourth-order valence-electron chi connectivity index (χ4n) is 3.24. The summed E-state index contributed by atoms with van der Waals surface area (Å²) in [5, 5.41) is 0.